The molecule has 0 aromatic carbocycles. The molecular weight excluding hydrogens is 437 g/mol. The number of morpholine rings is 1. The van der Waals surface area contributed by atoms with Gasteiger partial charge in [0.1, 0.15) is 11.6 Å². The third-order valence-electron chi connectivity index (χ3n) is 6.21. The molecule has 0 aliphatic carbocycles. The maximum Gasteiger partial charge on any atom is 0.218 e. The largest absolute Gasteiger partial charge is 0.493 e. The molecule has 5 rings (SSSR count). The summed E-state index contributed by atoms with van der Waals surface area (Å²) >= 11 is 0. The van der Waals surface area contributed by atoms with Crippen molar-refractivity contribution in [2.45, 2.75) is 25.8 Å². The van der Waals surface area contributed by atoms with E-state index in [1.165, 1.54) is 6.07 Å². The number of rotatable bonds is 7. The number of hydrogen-bond donors (Lipinski definition) is 0. The van der Waals surface area contributed by atoms with E-state index in [9.17, 15) is 4.39 Å². The van der Waals surface area contributed by atoms with Crippen molar-refractivity contribution in [1.29, 1.82) is 0 Å². The van der Waals surface area contributed by atoms with E-state index < -0.39 is 5.95 Å². The molecule has 0 N–H and O–H groups in total. The van der Waals surface area contributed by atoms with Gasteiger partial charge in [-0.2, -0.15) is 4.39 Å². The summed E-state index contributed by atoms with van der Waals surface area (Å²) in [5.41, 5.74) is 1.95. The lowest BCUT2D eigenvalue weighted by Crippen LogP contribution is -2.37. The summed E-state index contributed by atoms with van der Waals surface area (Å²) in [5.74, 6) is 1.51. The fourth-order valence-corrected chi connectivity index (χ4v) is 4.39. The maximum atomic E-state index is 14.4. The molecule has 2 aliphatic rings. The smallest absolute Gasteiger partial charge is 0.218 e. The second-order valence-electron chi connectivity index (χ2n) is 8.43. The number of nitrogens with zero attached hydrogens (tertiary/aromatic N) is 7. The van der Waals surface area contributed by atoms with E-state index in [0.717, 1.165) is 50.5 Å². The molecule has 9 nitrogen and oxygen atoms in total. The first-order valence-corrected chi connectivity index (χ1v) is 11.7. The summed E-state index contributed by atoms with van der Waals surface area (Å²) in [5, 5.41) is 0. The van der Waals surface area contributed by atoms with Crippen LogP contribution in [0.4, 0.5) is 10.2 Å². The van der Waals surface area contributed by atoms with E-state index in [1.807, 2.05) is 12.3 Å². The molecule has 3 aromatic heterocycles. The van der Waals surface area contributed by atoms with Gasteiger partial charge in [0.05, 0.1) is 31.6 Å². The predicted molar refractivity (Wildman–Crippen MR) is 124 cm³/mol. The van der Waals surface area contributed by atoms with Gasteiger partial charge >= 0.3 is 0 Å². The van der Waals surface area contributed by atoms with Crippen molar-refractivity contribution in [3.63, 3.8) is 0 Å². The molecule has 1 fully saturated rings. The summed E-state index contributed by atoms with van der Waals surface area (Å²) in [4.78, 5) is 26.2. The van der Waals surface area contributed by atoms with Gasteiger partial charge in [-0.25, -0.2) is 24.9 Å². The number of ether oxygens (including phenoxy) is 2. The van der Waals surface area contributed by atoms with Crippen molar-refractivity contribution in [2.75, 3.05) is 50.9 Å². The molecule has 1 saturated heterocycles. The Hall–Kier alpha value is -3.24. The lowest BCUT2D eigenvalue weighted by molar-refractivity contribution is 0.0358. The number of halogens is 1. The molecule has 34 heavy (non-hydrogen) atoms. The highest BCUT2D eigenvalue weighted by Gasteiger charge is 2.28. The minimum atomic E-state index is -0.550. The molecule has 0 amide bonds. The third-order valence-corrected chi connectivity index (χ3v) is 6.21. The topological polar surface area (TPSA) is 89.4 Å². The van der Waals surface area contributed by atoms with Crippen LogP contribution in [0.25, 0.3) is 11.6 Å². The molecule has 1 atom stereocenters. The SMILES string of the molecule is CC1c2cnc(-c3ncccn3)nc2CCN1c1cc(OCCCN2CCOCC2)cc(F)n1. The van der Waals surface area contributed by atoms with E-state index in [4.69, 9.17) is 14.5 Å². The minimum Gasteiger partial charge on any atom is -0.493 e. The van der Waals surface area contributed by atoms with Gasteiger partial charge in [0.25, 0.3) is 0 Å². The molecule has 0 spiro atoms. The highest BCUT2D eigenvalue weighted by Crippen LogP contribution is 2.33. The van der Waals surface area contributed by atoms with E-state index >= 15 is 0 Å². The second kappa shape index (κ2) is 10.4. The first kappa shape index (κ1) is 22.5. The van der Waals surface area contributed by atoms with Gasteiger partial charge in [0.2, 0.25) is 5.95 Å². The van der Waals surface area contributed by atoms with E-state index in [2.05, 4.69) is 36.7 Å². The average Bonchev–Trinajstić information content (AvgIpc) is 2.87. The van der Waals surface area contributed by atoms with Crippen molar-refractivity contribution >= 4 is 5.82 Å². The van der Waals surface area contributed by atoms with Crippen LogP contribution < -0.4 is 9.64 Å². The number of pyridine rings is 1. The standard InChI is InChI=1S/C24H28FN7O2/c1-17-19-16-28-24(23-26-5-2-6-27-23)29-20(19)4-8-32(17)22-15-18(14-21(25)30-22)34-11-3-7-31-9-12-33-13-10-31/h2,5-6,14-17H,3-4,7-13H2,1H3. The molecule has 3 aromatic rings. The van der Waals surface area contributed by atoms with E-state index in [-0.39, 0.29) is 6.04 Å². The van der Waals surface area contributed by atoms with Crippen molar-refractivity contribution in [1.82, 2.24) is 29.8 Å². The van der Waals surface area contributed by atoms with Crippen LogP contribution in [0.3, 0.4) is 0 Å². The Labute approximate surface area is 198 Å². The number of fused-ring (bicyclic) bond motifs is 1. The summed E-state index contributed by atoms with van der Waals surface area (Å²) in [6, 6.07) is 4.86. The average molecular weight is 466 g/mol. The van der Waals surface area contributed by atoms with Crippen molar-refractivity contribution < 1.29 is 13.9 Å². The summed E-state index contributed by atoms with van der Waals surface area (Å²) in [7, 11) is 0. The van der Waals surface area contributed by atoms with Gasteiger partial charge in [-0.3, -0.25) is 4.90 Å². The monoisotopic (exact) mass is 465 g/mol. The first-order chi connectivity index (χ1) is 16.7. The van der Waals surface area contributed by atoms with Crippen molar-refractivity contribution in [3.05, 3.63) is 54.0 Å². The second-order valence-corrected chi connectivity index (χ2v) is 8.43. The zero-order valence-electron chi connectivity index (χ0n) is 19.2. The van der Waals surface area contributed by atoms with E-state index in [0.29, 0.717) is 42.8 Å². The molecule has 1 unspecified atom stereocenters. The molecule has 178 valence electrons. The van der Waals surface area contributed by atoms with Gasteiger partial charge in [-0.1, -0.05) is 0 Å². The summed E-state index contributed by atoms with van der Waals surface area (Å²) in [6.45, 7) is 7.64. The normalized spacial score (nSPS) is 18.5. The van der Waals surface area contributed by atoms with E-state index in [1.54, 1.807) is 18.5 Å². The van der Waals surface area contributed by atoms with Gasteiger partial charge in [-0.05, 0) is 19.4 Å². The fourth-order valence-electron chi connectivity index (χ4n) is 4.39. The van der Waals surface area contributed by atoms with Gasteiger partial charge in [0, 0.05) is 68.9 Å². The lowest BCUT2D eigenvalue weighted by Gasteiger charge is -2.35. The van der Waals surface area contributed by atoms with Crippen molar-refractivity contribution in [2.24, 2.45) is 0 Å². The highest BCUT2D eigenvalue weighted by atomic mass is 19.1. The zero-order valence-corrected chi connectivity index (χ0v) is 19.2. The minimum absolute atomic E-state index is 0.0574. The first-order valence-electron chi connectivity index (χ1n) is 11.7. The number of anilines is 1. The Balaban J connectivity index is 1.25. The third kappa shape index (κ3) is 5.13. The molecule has 0 radical (unpaired) electrons. The van der Waals surface area contributed by atoms with Crippen LogP contribution in [0, 0.1) is 5.95 Å². The van der Waals surface area contributed by atoms with Gasteiger partial charge in [0.15, 0.2) is 11.6 Å². The Kier molecular flexibility index (Phi) is 6.87. The van der Waals surface area contributed by atoms with Crippen LogP contribution in [-0.2, 0) is 11.2 Å². The Morgan fingerprint density at radius 3 is 2.71 bits per heavy atom. The molecule has 0 saturated carbocycles. The number of aromatic nitrogens is 5. The molecule has 10 heteroatoms. The lowest BCUT2D eigenvalue weighted by atomic mass is 9.99. The van der Waals surface area contributed by atoms with Crippen LogP contribution >= 0.6 is 0 Å². The molecule has 5 heterocycles. The Morgan fingerprint density at radius 2 is 1.88 bits per heavy atom. The summed E-state index contributed by atoms with van der Waals surface area (Å²) < 4.78 is 25.6. The van der Waals surface area contributed by atoms with Gasteiger partial charge < -0.3 is 14.4 Å². The molecule has 2 aliphatic heterocycles. The summed E-state index contributed by atoms with van der Waals surface area (Å²) in [6.07, 6.45) is 6.72. The van der Waals surface area contributed by atoms with Crippen LogP contribution in [0.5, 0.6) is 5.75 Å². The van der Waals surface area contributed by atoms with Crippen LogP contribution in [0.1, 0.15) is 30.6 Å². The van der Waals surface area contributed by atoms with Crippen LogP contribution in [0.2, 0.25) is 0 Å². The number of hydrogen-bond acceptors (Lipinski definition) is 9. The van der Waals surface area contributed by atoms with Crippen LogP contribution in [-0.4, -0.2) is 75.8 Å². The molecular formula is C24H28FN7O2. The van der Waals surface area contributed by atoms with Gasteiger partial charge in [-0.15, -0.1) is 0 Å². The zero-order chi connectivity index (χ0) is 23.3. The quantitative estimate of drug-likeness (QED) is 0.386. The maximum absolute atomic E-state index is 14.4. The highest BCUT2D eigenvalue weighted by molar-refractivity contribution is 5.50. The Morgan fingerprint density at radius 1 is 1.06 bits per heavy atom. The fraction of sp³-hybridized carbons (Fsp3) is 0.458. The van der Waals surface area contributed by atoms with Crippen molar-refractivity contribution in [3.8, 4) is 17.4 Å². The molecule has 0 bridgehead atoms. The Bertz CT molecular complexity index is 1110. The van der Waals surface area contributed by atoms with Crippen LogP contribution in [0.15, 0.2) is 36.8 Å². The predicted octanol–water partition coefficient (Wildman–Crippen LogP) is 2.69.